The molecule has 0 radical (unpaired) electrons. The highest BCUT2D eigenvalue weighted by Gasteiger charge is 2.22. The third-order valence-corrected chi connectivity index (χ3v) is 5.82. The van der Waals surface area contributed by atoms with E-state index in [9.17, 15) is 0 Å². The van der Waals surface area contributed by atoms with Crippen molar-refractivity contribution in [3.05, 3.63) is 20.8 Å². The van der Waals surface area contributed by atoms with E-state index in [-0.39, 0.29) is 0 Å². The summed E-state index contributed by atoms with van der Waals surface area (Å²) < 4.78 is 6.91. The summed E-state index contributed by atoms with van der Waals surface area (Å²) in [5.74, 6) is 0. The molecule has 2 aliphatic rings. The van der Waals surface area contributed by atoms with Gasteiger partial charge in [-0.3, -0.25) is 0 Å². The summed E-state index contributed by atoms with van der Waals surface area (Å²) in [5.41, 5.74) is 1.43. The van der Waals surface area contributed by atoms with E-state index in [2.05, 4.69) is 11.4 Å². The molecule has 0 aliphatic heterocycles. The fraction of sp³-hybridized carbons (Fsp3) is 0.750. The molecule has 1 aromatic rings. The molecule has 1 heterocycles. The van der Waals surface area contributed by atoms with Crippen LogP contribution >= 0.6 is 22.9 Å². The molecule has 1 aromatic heterocycles. The summed E-state index contributed by atoms with van der Waals surface area (Å²) >= 11 is 7.90. The van der Waals surface area contributed by atoms with Crippen LogP contribution in [0.4, 0.5) is 0 Å². The standard InChI is InChI=1S/C16H24ClNOS/c17-16-11-13-14(7-4-8-15(13)20-16)18-9-10-19-12-5-2-1-3-6-12/h11-12,14,18H,1-10H2. The van der Waals surface area contributed by atoms with Crippen molar-refractivity contribution in [3.8, 4) is 0 Å². The molecule has 2 aliphatic carbocycles. The number of nitrogens with one attached hydrogen (secondary N) is 1. The molecule has 1 fully saturated rings. The van der Waals surface area contributed by atoms with Gasteiger partial charge in [0, 0.05) is 17.5 Å². The van der Waals surface area contributed by atoms with E-state index in [1.165, 1.54) is 61.8 Å². The molecule has 0 aromatic carbocycles. The predicted molar refractivity (Wildman–Crippen MR) is 85.8 cm³/mol. The lowest BCUT2D eigenvalue weighted by molar-refractivity contribution is 0.0292. The van der Waals surface area contributed by atoms with E-state index < -0.39 is 0 Å². The minimum absolute atomic E-state index is 0.484. The zero-order valence-electron chi connectivity index (χ0n) is 12.0. The smallest absolute Gasteiger partial charge is 0.0934 e. The van der Waals surface area contributed by atoms with Crippen molar-refractivity contribution in [1.82, 2.24) is 5.32 Å². The van der Waals surface area contributed by atoms with Crippen LogP contribution in [-0.4, -0.2) is 19.3 Å². The molecule has 1 unspecified atom stereocenters. The Labute approximate surface area is 130 Å². The largest absolute Gasteiger partial charge is 0.377 e. The Morgan fingerprint density at radius 3 is 2.90 bits per heavy atom. The van der Waals surface area contributed by atoms with Gasteiger partial charge in [0.25, 0.3) is 0 Å². The minimum atomic E-state index is 0.484. The molecule has 1 atom stereocenters. The van der Waals surface area contributed by atoms with Crippen LogP contribution in [0.3, 0.4) is 0 Å². The van der Waals surface area contributed by atoms with Gasteiger partial charge >= 0.3 is 0 Å². The topological polar surface area (TPSA) is 21.3 Å². The molecule has 0 amide bonds. The van der Waals surface area contributed by atoms with E-state index in [1.807, 2.05) is 0 Å². The van der Waals surface area contributed by atoms with Gasteiger partial charge in [0.15, 0.2) is 0 Å². The molecule has 2 nitrogen and oxygen atoms in total. The molecule has 112 valence electrons. The summed E-state index contributed by atoms with van der Waals surface area (Å²) in [5, 5.41) is 3.65. The van der Waals surface area contributed by atoms with Crippen molar-refractivity contribution in [2.24, 2.45) is 0 Å². The highest BCUT2D eigenvalue weighted by molar-refractivity contribution is 7.16. The molecule has 0 saturated heterocycles. The Bertz CT molecular complexity index is 428. The Hall–Kier alpha value is -0.0900. The second kappa shape index (κ2) is 7.26. The summed E-state index contributed by atoms with van der Waals surface area (Å²) in [6.07, 6.45) is 10.8. The van der Waals surface area contributed by atoms with Crippen molar-refractivity contribution in [2.75, 3.05) is 13.2 Å². The van der Waals surface area contributed by atoms with Gasteiger partial charge in [-0.15, -0.1) is 11.3 Å². The third kappa shape index (κ3) is 3.76. The van der Waals surface area contributed by atoms with Crippen LogP contribution in [0.2, 0.25) is 4.34 Å². The van der Waals surface area contributed by atoms with Crippen LogP contribution in [0.5, 0.6) is 0 Å². The number of rotatable bonds is 5. The molecule has 0 bridgehead atoms. The van der Waals surface area contributed by atoms with E-state index in [0.29, 0.717) is 12.1 Å². The van der Waals surface area contributed by atoms with Crippen LogP contribution in [0.1, 0.15) is 61.4 Å². The van der Waals surface area contributed by atoms with Gasteiger partial charge in [-0.25, -0.2) is 0 Å². The van der Waals surface area contributed by atoms with Crippen LogP contribution in [-0.2, 0) is 11.2 Å². The Kier molecular flexibility index (Phi) is 5.38. The van der Waals surface area contributed by atoms with Gasteiger partial charge in [-0.1, -0.05) is 30.9 Å². The number of aryl methyl sites for hydroxylation is 1. The first-order valence-electron chi connectivity index (χ1n) is 7.96. The van der Waals surface area contributed by atoms with E-state index in [1.54, 1.807) is 11.3 Å². The average molecular weight is 314 g/mol. The molecule has 3 rings (SSSR count). The van der Waals surface area contributed by atoms with Gasteiger partial charge in [0.05, 0.1) is 17.0 Å². The maximum atomic E-state index is 6.15. The van der Waals surface area contributed by atoms with Crippen LogP contribution in [0.15, 0.2) is 6.07 Å². The lowest BCUT2D eigenvalue weighted by Gasteiger charge is -2.25. The summed E-state index contributed by atoms with van der Waals surface area (Å²) in [7, 11) is 0. The van der Waals surface area contributed by atoms with Crippen molar-refractivity contribution in [3.63, 3.8) is 0 Å². The zero-order valence-corrected chi connectivity index (χ0v) is 13.6. The Morgan fingerprint density at radius 2 is 2.05 bits per heavy atom. The zero-order chi connectivity index (χ0) is 13.8. The van der Waals surface area contributed by atoms with Gasteiger partial charge < -0.3 is 10.1 Å². The maximum Gasteiger partial charge on any atom is 0.0934 e. The number of halogens is 1. The molecule has 1 saturated carbocycles. The number of thiophene rings is 1. The van der Waals surface area contributed by atoms with Crippen molar-refractivity contribution in [2.45, 2.75) is 63.5 Å². The van der Waals surface area contributed by atoms with Gasteiger partial charge in [-0.2, -0.15) is 0 Å². The quantitative estimate of drug-likeness (QED) is 0.794. The lowest BCUT2D eigenvalue weighted by Crippen LogP contribution is -2.29. The molecule has 0 spiro atoms. The molecular weight excluding hydrogens is 290 g/mol. The second-order valence-corrected chi connectivity index (χ2v) is 7.73. The number of fused-ring (bicyclic) bond motifs is 1. The Morgan fingerprint density at radius 1 is 1.20 bits per heavy atom. The first-order valence-corrected chi connectivity index (χ1v) is 9.15. The van der Waals surface area contributed by atoms with Crippen molar-refractivity contribution >= 4 is 22.9 Å². The number of hydrogen-bond acceptors (Lipinski definition) is 3. The highest BCUT2D eigenvalue weighted by Crippen LogP contribution is 2.37. The monoisotopic (exact) mass is 313 g/mol. The second-order valence-electron chi connectivity index (χ2n) is 5.96. The first kappa shape index (κ1) is 14.8. The van der Waals surface area contributed by atoms with Gasteiger partial charge in [-0.05, 0) is 43.7 Å². The summed E-state index contributed by atoms with van der Waals surface area (Å²) in [6.45, 7) is 1.79. The minimum Gasteiger partial charge on any atom is -0.377 e. The molecule has 1 N–H and O–H groups in total. The van der Waals surface area contributed by atoms with Gasteiger partial charge in [0.1, 0.15) is 0 Å². The average Bonchev–Trinajstić information content (AvgIpc) is 2.86. The van der Waals surface area contributed by atoms with Crippen LogP contribution in [0.25, 0.3) is 0 Å². The maximum absolute atomic E-state index is 6.15. The summed E-state index contributed by atoms with van der Waals surface area (Å²) in [6, 6.07) is 2.64. The molecule has 4 heteroatoms. The van der Waals surface area contributed by atoms with E-state index in [4.69, 9.17) is 16.3 Å². The van der Waals surface area contributed by atoms with Crippen molar-refractivity contribution in [1.29, 1.82) is 0 Å². The highest BCUT2D eigenvalue weighted by atomic mass is 35.5. The molecule has 20 heavy (non-hydrogen) atoms. The third-order valence-electron chi connectivity index (χ3n) is 4.48. The fourth-order valence-corrected chi connectivity index (χ4v) is 4.81. The van der Waals surface area contributed by atoms with E-state index >= 15 is 0 Å². The van der Waals surface area contributed by atoms with Crippen molar-refractivity contribution < 1.29 is 4.74 Å². The summed E-state index contributed by atoms with van der Waals surface area (Å²) in [4.78, 5) is 1.48. The van der Waals surface area contributed by atoms with Crippen LogP contribution < -0.4 is 5.32 Å². The molecular formula is C16H24ClNOS. The number of ether oxygens (including phenoxy) is 1. The first-order chi connectivity index (χ1) is 9.83. The SMILES string of the molecule is Clc1cc2c(s1)CCCC2NCCOC1CCCCC1. The van der Waals surface area contributed by atoms with Gasteiger partial charge in [0.2, 0.25) is 0 Å². The van der Waals surface area contributed by atoms with E-state index in [0.717, 1.165) is 17.5 Å². The van der Waals surface area contributed by atoms with Crippen LogP contribution in [0, 0.1) is 0 Å². The fourth-order valence-electron chi connectivity index (χ4n) is 3.42. The normalized spacial score (nSPS) is 23.8. The predicted octanol–water partition coefficient (Wildman–Crippen LogP) is 4.72. The lowest BCUT2D eigenvalue weighted by atomic mass is 9.94. The number of hydrogen-bond donors (Lipinski definition) is 1. The Balaban J connectivity index is 1.42.